The molecule has 0 amide bonds. The largest absolute Gasteiger partial charge is 0.431 e. The van der Waals surface area contributed by atoms with Crippen LogP contribution in [0.25, 0.3) is 5.69 Å². The maximum Gasteiger partial charge on any atom is 0.431 e. The molecule has 0 saturated heterocycles. The summed E-state index contributed by atoms with van der Waals surface area (Å²) in [6.45, 7) is 0. The quantitative estimate of drug-likeness (QED) is 0.789. The van der Waals surface area contributed by atoms with Crippen LogP contribution in [-0.4, -0.2) is 9.55 Å². The van der Waals surface area contributed by atoms with Gasteiger partial charge in [0.15, 0.2) is 4.77 Å². The summed E-state index contributed by atoms with van der Waals surface area (Å²) in [6, 6.07) is 4.58. The van der Waals surface area contributed by atoms with Gasteiger partial charge in [-0.1, -0.05) is 23.2 Å². The first-order valence-electron chi connectivity index (χ1n) is 5.08. The Balaban J connectivity index is 2.71. The molecule has 0 aliphatic rings. The van der Waals surface area contributed by atoms with Crippen molar-refractivity contribution in [3.05, 3.63) is 55.1 Å². The molecular weight excluding hydrogens is 336 g/mol. The number of H-pyrrole nitrogens is 1. The predicted octanol–water partition coefficient (Wildman–Crippen LogP) is 4.22. The van der Waals surface area contributed by atoms with Crippen LogP contribution in [0.2, 0.25) is 10.0 Å². The average molecular weight is 341 g/mol. The standard InChI is InChI=1S/C11H5Cl2F3N2OS/c12-5-1-6(13)3-7(2-5)18-9(19)4-8(11(14,15)16)17-10(18)20/h1-4H,(H,17,20). The van der Waals surface area contributed by atoms with Crippen molar-refractivity contribution in [2.24, 2.45) is 0 Å². The highest BCUT2D eigenvalue weighted by Crippen LogP contribution is 2.27. The predicted molar refractivity (Wildman–Crippen MR) is 72.2 cm³/mol. The molecule has 20 heavy (non-hydrogen) atoms. The number of hydrogen-bond donors (Lipinski definition) is 1. The van der Waals surface area contributed by atoms with Crippen molar-refractivity contribution in [3.63, 3.8) is 0 Å². The smallest absolute Gasteiger partial charge is 0.328 e. The molecule has 106 valence electrons. The molecule has 2 aromatic rings. The zero-order chi connectivity index (χ0) is 15.1. The minimum Gasteiger partial charge on any atom is -0.328 e. The third-order valence-corrected chi connectivity index (χ3v) is 3.06. The van der Waals surface area contributed by atoms with Crippen LogP contribution in [0.15, 0.2) is 29.1 Å². The van der Waals surface area contributed by atoms with Crippen molar-refractivity contribution in [1.29, 1.82) is 0 Å². The lowest BCUT2D eigenvalue weighted by molar-refractivity contribution is -0.141. The Morgan fingerprint density at radius 3 is 2.10 bits per heavy atom. The van der Waals surface area contributed by atoms with Crippen molar-refractivity contribution < 1.29 is 13.2 Å². The number of aromatic amines is 1. The van der Waals surface area contributed by atoms with Gasteiger partial charge in [0.05, 0.1) is 5.69 Å². The van der Waals surface area contributed by atoms with E-state index in [0.29, 0.717) is 6.07 Å². The number of halogens is 5. The fourth-order valence-electron chi connectivity index (χ4n) is 1.56. The summed E-state index contributed by atoms with van der Waals surface area (Å²) in [4.78, 5) is 13.8. The minimum absolute atomic E-state index is 0.183. The fraction of sp³-hybridized carbons (Fsp3) is 0.0909. The van der Waals surface area contributed by atoms with Crippen LogP contribution in [-0.2, 0) is 6.18 Å². The van der Waals surface area contributed by atoms with Gasteiger partial charge in [0.25, 0.3) is 5.56 Å². The van der Waals surface area contributed by atoms with Crippen LogP contribution in [0.4, 0.5) is 13.2 Å². The number of hydrogen-bond acceptors (Lipinski definition) is 2. The molecule has 3 nitrogen and oxygen atoms in total. The van der Waals surface area contributed by atoms with Gasteiger partial charge < -0.3 is 4.98 Å². The summed E-state index contributed by atoms with van der Waals surface area (Å²) >= 11 is 16.4. The Hall–Kier alpha value is -1.31. The molecule has 0 spiro atoms. The van der Waals surface area contributed by atoms with Crippen LogP contribution in [0, 0.1) is 4.77 Å². The lowest BCUT2D eigenvalue weighted by Gasteiger charge is -2.10. The van der Waals surface area contributed by atoms with Gasteiger partial charge in [-0.15, -0.1) is 0 Å². The van der Waals surface area contributed by atoms with Gasteiger partial charge in [-0.3, -0.25) is 9.36 Å². The first-order chi connectivity index (χ1) is 9.18. The van der Waals surface area contributed by atoms with Crippen LogP contribution in [0.3, 0.4) is 0 Å². The van der Waals surface area contributed by atoms with Gasteiger partial charge in [-0.05, 0) is 30.4 Å². The molecule has 0 atom stereocenters. The van der Waals surface area contributed by atoms with Gasteiger partial charge in [-0.2, -0.15) is 13.2 Å². The first-order valence-corrected chi connectivity index (χ1v) is 6.25. The zero-order valence-electron chi connectivity index (χ0n) is 9.46. The molecule has 0 fully saturated rings. The topological polar surface area (TPSA) is 37.8 Å². The SMILES string of the molecule is O=c1cc(C(F)(F)F)[nH]c(=S)n1-c1cc(Cl)cc(Cl)c1. The van der Waals surface area contributed by atoms with E-state index in [0.717, 1.165) is 4.57 Å². The Morgan fingerprint density at radius 2 is 1.65 bits per heavy atom. The highest BCUT2D eigenvalue weighted by Gasteiger charge is 2.32. The number of aromatic nitrogens is 2. The van der Waals surface area contributed by atoms with Crippen molar-refractivity contribution >= 4 is 35.4 Å². The highest BCUT2D eigenvalue weighted by molar-refractivity contribution is 7.71. The Labute approximate surface area is 125 Å². The summed E-state index contributed by atoms with van der Waals surface area (Å²) in [5.41, 5.74) is -1.96. The van der Waals surface area contributed by atoms with E-state index in [1.807, 2.05) is 4.98 Å². The van der Waals surface area contributed by atoms with E-state index in [9.17, 15) is 18.0 Å². The van der Waals surface area contributed by atoms with Crippen molar-refractivity contribution in [3.8, 4) is 5.69 Å². The molecule has 2 rings (SSSR count). The van der Waals surface area contributed by atoms with Crippen LogP contribution in [0.5, 0.6) is 0 Å². The number of nitrogens with zero attached hydrogens (tertiary/aromatic N) is 1. The van der Waals surface area contributed by atoms with Gasteiger partial charge in [0.2, 0.25) is 0 Å². The van der Waals surface area contributed by atoms with E-state index in [1.54, 1.807) is 0 Å². The third-order valence-electron chi connectivity index (χ3n) is 2.34. The Morgan fingerprint density at radius 1 is 1.10 bits per heavy atom. The van der Waals surface area contributed by atoms with E-state index in [-0.39, 0.29) is 15.7 Å². The highest BCUT2D eigenvalue weighted by atomic mass is 35.5. The third kappa shape index (κ3) is 3.05. The molecule has 0 unspecified atom stereocenters. The fourth-order valence-corrected chi connectivity index (χ4v) is 2.38. The van der Waals surface area contributed by atoms with Crippen molar-refractivity contribution in [2.75, 3.05) is 0 Å². The first kappa shape index (κ1) is 15.1. The molecule has 0 radical (unpaired) electrons. The minimum atomic E-state index is -4.68. The second-order valence-electron chi connectivity index (χ2n) is 3.79. The summed E-state index contributed by atoms with van der Waals surface area (Å²) in [7, 11) is 0. The van der Waals surface area contributed by atoms with Crippen LogP contribution < -0.4 is 5.56 Å². The van der Waals surface area contributed by atoms with Gasteiger partial charge >= 0.3 is 6.18 Å². The summed E-state index contributed by atoms with van der Waals surface area (Å²) in [5.74, 6) is 0. The molecule has 1 N–H and O–H groups in total. The summed E-state index contributed by atoms with van der Waals surface area (Å²) in [6.07, 6.45) is -4.68. The Kier molecular flexibility index (Phi) is 3.95. The Bertz CT molecular complexity index is 731. The molecule has 0 aliphatic heterocycles. The average Bonchev–Trinajstić information content (AvgIpc) is 2.25. The summed E-state index contributed by atoms with van der Waals surface area (Å²) < 4.78 is 38.1. The lowest BCUT2D eigenvalue weighted by Crippen LogP contribution is -2.23. The van der Waals surface area contributed by atoms with Crippen molar-refractivity contribution in [2.45, 2.75) is 6.18 Å². The molecule has 1 heterocycles. The maximum absolute atomic E-state index is 12.5. The second-order valence-corrected chi connectivity index (χ2v) is 5.05. The van der Waals surface area contributed by atoms with Crippen molar-refractivity contribution in [1.82, 2.24) is 9.55 Å². The van der Waals surface area contributed by atoms with Crippen LogP contribution >= 0.6 is 35.4 Å². The molecule has 1 aromatic carbocycles. The second kappa shape index (κ2) is 5.23. The molecule has 0 aliphatic carbocycles. The van der Waals surface area contributed by atoms with E-state index in [2.05, 4.69) is 0 Å². The monoisotopic (exact) mass is 340 g/mol. The van der Waals surface area contributed by atoms with E-state index in [1.165, 1.54) is 18.2 Å². The van der Waals surface area contributed by atoms with Gasteiger partial charge in [0.1, 0.15) is 5.69 Å². The maximum atomic E-state index is 12.5. The van der Waals surface area contributed by atoms with E-state index >= 15 is 0 Å². The summed E-state index contributed by atoms with van der Waals surface area (Å²) in [5, 5.41) is 0.461. The molecule has 0 saturated carbocycles. The lowest BCUT2D eigenvalue weighted by atomic mass is 10.3. The molecule has 9 heteroatoms. The van der Waals surface area contributed by atoms with Crippen LogP contribution in [0.1, 0.15) is 5.69 Å². The van der Waals surface area contributed by atoms with Gasteiger partial charge in [0, 0.05) is 16.1 Å². The molecule has 1 aromatic heterocycles. The number of nitrogens with one attached hydrogen (secondary N) is 1. The number of rotatable bonds is 1. The van der Waals surface area contributed by atoms with E-state index in [4.69, 9.17) is 35.4 Å². The molecular formula is C11H5Cl2F3N2OS. The molecule has 0 bridgehead atoms. The van der Waals surface area contributed by atoms with E-state index < -0.39 is 22.2 Å². The normalized spacial score (nSPS) is 11.7. The van der Waals surface area contributed by atoms with Gasteiger partial charge in [-0.25, -0.2) is 0 Å². The zero-order valence-corrected chi connectivity index (χ0v) is 11.8. The number of benzene rings is 1. The number of alkyl halides is 3.